The SMILES string of the molecule is c1ccc(-c2cc(-c3cc(-c4ccccc4)c4oc5cc6ccccc6cc5c4c3)cc(-c3cc(-c4ccccc4)nc(-c4ccccc4)n3)c2)cc1. The third kappa shape index (κ3) is 5.75. The minimum Gasteiger partial charge on any atom is -0.455 e. The summed E-state index contributed by atoms with van der Waals surface area (Å²) in [5, 5.41) is 4.55. The number of fused-ring (bicyclic) bond motifs is 4. The molecule has 0 aliphatic carbocycles. The molecule has 8 aromatic carbocycles. The smallest absolute Gasteiger partial charge is 0.160 e. The molecule has 53 heavy (non-hydrogen) atoms. The van der Waals surface area contributed by atoms with Gasteiger partial charge in [0.15, 0.2) is 5.82 Å². The van der Waals surface area contributed by atoms with E-state index in [4.69, 9.17) is 14.4 Å². The van der Waals surface area contributed by atoms with Crippen LogP contribution < -0.4 is 0 Å². The van der Waals surface area contributed by atoms with Crippen LogP contribution in [0.5, 0.6) is 0 Å². The molecule has 0 saturated carbocycles. The molecule has 0 aliphatic rings. The van der Waals surface area contributed by atoms with Crippen LogP contribution in [0.3, 0.4) is 0 Å². The van der Waals surface area contributed by atoms with Crippen LogP contribution in [-0.4, -0.2) is 9.97 Å². The van der Waals surface area contributed by atoms with Crippen molar-refractivity contribution in [2.75, 3.05) is 0 Å². The van der Waals surface area contributed by atoms with Crippen molar-refractivity contribution in [2.45, 2.75) is 0 Å². The van der Waals surface area contributed by atoms with E-state index in [0.717, 1.165) is 88.8 Å². The topological polar surface area (TPSA) is 38.9 Å². The number of hydrogen-bond donors (Lipinski definition) is 0. The summed E-state index contributed by atoms with van der Waals surface area (Å²) in [5.41, 5.74) is 13.2. The molecular weight excluding hydrogens is 645 g/mol. The molecule has 10 aromatic rings. The van der Waals surface area contributed by atoms with Crippen molar-refractivity contribution in [3.05, 3.63) is 194 Å². The predicted octanol–water partition coefficient (Wildman–Crippen LogP) is 13.5. The van der Waals surface area contributed by atoms with Crippen LogP contribution in [0.4, 0.5) is 0 Å². The van der Waals surface area contributed by atoms with E-state index in [-0.39, 0.29) is 0 Å². The molecule has 0 unspecified atom stereocenters. The largest absolute Gasteiger partial charge is 0.455 e. The molecule has 0 atom stereocenters. The summed E-state index contributed by atoms with van der Waals surface area (Å²) in [6.45, 7) is 0. The number of aromatic nitrogens is 2. The van der Waals surface area contributed by atoms with Crippen molar-refractivity contribution in [1.29, 1.82) is 0 Å². The van der Waals surface area contributed by atoms with Gasteiger partial charge in [0.05, 0.1) is 11.4 Å². The van der Waals surface area contributed by atoms with Gasteiger partial charge in [-0.2, -0.15) is 0 Å². The summed E-state index contributed by atoms with van der Waals surface area (Å²) in [6.07, 6.45) is 0. The zero-order valence-electron chi connectivity index (χ0n) is 28.8. The molecule has 10 rings (SSSR count). The van der Waals surface area contributed by atoms with E-state index in [9.17, 15) is 0 Å². The van der Waals surface area contributed by atoms with Crippen molar-refractivity contribution in [2.24, 2.45) is 0 Å². The minimum absolute atomic E-state index is 0.693. The molecule has 0 saturated heterocycles. The first-order valence-corrected chi connectivity index (χ1v) is 17.9. The second kappa shape index (κ2) is 12.9. The molecule has 248 valence electrons. The molecule has 0 amide bonds. The highest BCUT2D eigenvalue weighted by Gasteiger charge is 2.18. The zero-order valence-corrected chi connectivity index (χ0v) is 28.8. The third-order valence-electron chi connectivity index (χ3n) is 10.0. The lowest BCUT2D eigenvalue weighted by atomic mass is 9.91. The van der Waals surface area contributed by atoms with Gasteiger partial charge in [0.25, 0.3) is 0 Å². The maximum absolute atomic E-state index is 6.72. The maximum atomic E-state index is 6.72. The van der Waals surface area contributed by atoms with Gasteiger partial charge in [0, 0.05) is 33.0 Å². The molecule has 2 heterocycles. The number of nitrogens with zero attached hydrogens (tertiary/aromatic N) is 2. The normalized spacial score (nSPS) is 11.4. The van der Waals surface area contributed by atoms with Gasteiger partial charge in [-0.1, -0.05) is 146 Å². The monoisotopic (exact) mass is 676 g/mol. The summed E-state index contributed by atoms with van der Waals surface area (Å²) in [6, 6.07) is 68.1. The summed E-state index contributed by atoms with van der Waals surface area (Å²) < 4.78 is 6.72. The van der Waals surface area contributed by atoms with Gasteiger partial charge in [-0.05, 0) is 87.1 Å². The Morgan fingerprint density at radius 1 is 0.321 bits per heavy atom. The lowest BCUT2D eigenvalue weighted by Crippen LogP contribution is -1.96. The van der Waals surface area contributed by atoms with Crippen LogP contribution in [0.25, 0.3) is 100.0 Å². The Balaban J connectivity index is 1.24. The molecular formula is C50H32N2O. The Bertz CT molecular complexity index is 2860. The van der Waals surface area contributed by atoms with Gasteiger partial charge in [-0.25, -0.2) is 9.97 Å². The highest BCUT2D eigenvalue weighted by atomic mass is 16.3. The highest BCUT2D eigenvalue weighted by Crippen LogP contribution is 2.42. The van der Waals surface area contributed by atoms with E-state index >= 15 is 0 Å². The number of furan rings is 1. The van der Waals surface area contributed by atoms with Gasteiger partial charge in [-0.3, -0.25) is 0 Å². The first-order valence-electron chi connectivity index (χ1n) is 17.9. The molecule has 0 radical (unpaired) electrons. The average Bonchev–Trinajstić information content (AvgIpc) is 3.60. The summed E-state index contributed by atoms with van der Waals surface area (Å²) >= 11 is 0. The molecule has 0 N–H and O–H groups in total. The Morgan fingerprint density at radius 3 is 1.47 bits per heavy atom. The lowest BCUT2D eigenvalue weighted by Gasteiger charge is -2.14. The van der Waals surface area contributed by atoms with Gasteiger partial charge in [0.2, 0.25) is 0 Å². The van der Waals surface area contributed by atoms with Crippen LogP contribution in [-0.2, 0) is 0 Å². The van der Waals surface area contributed by atoms with E-state index in [1.165, 1.54) is 5.39 Å². The van der Waals surface area contributed by atoms with Crippen molar-refractivity contribution >= 4 is 32.7 Å². The fourth-order valence-corrected chi connectivity index (χ4v) is 7.37. The molecule has 3 nitrogen and oxygen atoms in total. The first kappa shape index (κ1) is 30.7. The first-order chi connectivity index (χ1) is 26.2. The predicted molar refractivity (Wildman–Crippen MR) is 219 cm³/mol. The fourth-order valence-electron chi connectivity index (χ4n) is 7.37. The summed E-state index contributed by atoms with van der Waals surface area (Å²) in [5.74, 6) is 0.693. The van der Waals surface area contributed by atoms with E-state index in [1.807, 2.05) is 24.3 Å². The second-order valence-corrected chi connectivity index (χ2v) is 13.4. The van der Waals surface area contributed by atoms with E-state index in [0.29, 0.717) is 5.82 Å². The van der Waals surface area contributed by atoms with Crippen molar-refractivity contribution in [1.82, 2.24) is 9.97 Å². The standard InChI is InChI=1S/C50H32N2O/c1-5-15-33(16-6-1)39-25-40(27-42(26-39)47-32-46(35-19-9-3-10-20-35)51-50(52-47)36-21-11-4-12-22-36)41-29-43(34-17-7-2-8-18-34)49-45(30-41)44-28-37-23-13-14-24-38(37)31-48(44)53-49/h1-32H. The highest BCUT2D eigenvalue weighted by molar-refractivity contribution is 6.14. The Labute approximate surface area is 307 Å². The van der Waals surface area contributed by atoms with Crippen LogP contribution in [0.15, 0.2) is 199 Å². The molecule has 0 fully saturated rings. The van der Waals surface area contributed by atoms with E-state index in [2.05, 4.69) is 170 Å². The zero-order chi connectivity index (χ0) is 35.1. The van der Waals surface area contributed by atoms with E-state index in [1.54, 1.807) is 0 Å². The molecule has 0 aliphatic heterocycles. The van der Waals surface area contributed by atoms with Gasteiger partial charge in [0.1, 0.15) is 11.2 Å². The van der Waals surface area contributed by atoms with Crippen molar-refractivity contribution in [3.63, 3.8) is 0 Å². The van der Waals surface area contributed by atoms with Crippen molar-refractivity contribution in [3.8, 4) is 67.3 Å². The second-order valence-electron chi connectivity index (χ2n) is 13.4. The third-order valence-corrected chi connectivity index (χ3v) is 10.0. The molecule has 2 aromatic heterocycles. The quantitative estimate of drug-likeness (QED) is 0.176. The number of rotatable bonds is 6. The van der Waals surface area contributed by atoms with Crippen LogP contribution in [0.2, 0.25) is 0 Å². The number of benzene rings is 8. The maximum Gasteiger partial charge on any atom is 0.160 e. The minimum atomic E-state index is 0.693. The van der Waals surface area contributed by atoms with E-state index < -0.39 is 0 Å². The van der Waals surface area contributed by atoms with Crippen LogP contribution in [0, 0.1) is 0 Å². The van der Waals surface area contributed by atoms with Gasteiger partial charge in [-0.15, -0.1) is 0 Å². The summed E-state index contributed by atoms with van der Waals surface area (Å²) in [7, 11) is 0. The Hall–Kier alpha value is -7.10. The Kier molecular flexibility index (Phi) is 7.47. The van der Waals surface area contributed by atoms with Crippen LogP contribution >= 0.6 is 0 Å². The number of hydrogen-bond acceptors (Lipinski definition) is 3. The molecule has 0 spiro atoms. The van der Waals surface area contributed by atoms with Gasteiger partial charge < -0.3 is 4.42 Å². The molecule has 0 bridgehead atoms. The fraction of sp³-hybridized carbons (Fsp3) is 0. The van der Waals surface area contributed by atoms with Crippen molar-refractivity contribution < 1.29 is 4.42 Å². The van der Waals surface area contributed by atoms with Gasteiger partial charge >= 0.3 is 0 Å². The Morgan fingerprint density at radius 2 is 0.811 bits per heavy atom. The average molecular weight is 677 g/mol. The van der Waals surface area contributed by atoms with Crippen LogP contribution in [0.1, 0.15) is 0 Å². The lowest BCUT2D eigenvalue weighted by molar-refractivity contribution is 0.670. The summed E-state index contributed by atoms with van der Waals surface area (Å²) in [4.78, 5) is 10.3. The molecule has 3 heteroatoms.